The second kappa shape index (κ2) is 6.08. The minimum absolute atomic E-state index is 0.0286. The number of aliphatic imine (C=N–C) groups is 1. The van der Waals surface area contributed by atoms with Gasteiger partial charge in [-0.05, 0) is 43.7 Å². The Hall–Kier alpha value is -2.28. The number of nitrogens with two attached hydrogens (primary N) is 1. The first-order chi connectivity index (χ1) is 11.0. The van der Waals surface area contributed by atoms with Crippen molar-refractivity contribution in [2.24, 2.45) is 10.7 Å². The van der Waals surface area contributed by atoms with Crippen molar-refractivity contribution in [3.8, 4) is 5.75 Å². The highest BCUT2D eigenvalue weighted by Gasteiger charge is 2.32. The van der Waals surface area contributed by atoms with E-state index in [1.807, 2.05) is 6.92 Å². The molecule has 0 spiro atoms. The molecular formula is C16H17FN4OS. The fourth-order valence-corrected chi connectivity index (χ4v) is 3.50. The van der Waals surface area contributed by atoms with E-state index in [1.165, 1.54) is 23.9 Å². The summed E-state index contributed by atoms with van der Waals surface area (Å²) in [6.07, 6.45) is 2.27. The fraction of sp³-hybridized carbons (Fsp3) is 0.250. The van der Waals surface area contributed by atoms with Crippen LogP contribution in [0.4, 0.5) is 15.9 Å². The lowest BCUT2D eigenvalue weighted by atomic mass is 9.89. The molecule has 23 heavy (non-hydrogen) atoms. The summed E-state index contributed by atoms with van der Waals surface area (Å²) in [6.45, 7) is 1.88. The number of nitrogens with one attached hydrogen (secondary N) is 1. The SMILES string of the molecule is C[C@@]1(c2cc(Nc3ncccc3O)ccc2F)CCSC(N)=N1. The van der Waals surface area contributed by atoms with Crippen molar-refractivity contribution >= 4 is 28.4 Å². The number of halogens is 1. The summed E-state index contributed by atoms with van der Waals surface area (Å²) < 4.78 is 14.3. The summed E-state index contributed by atoms with van der Waals surface area (Å²) in [7, 11) is 0. The number of rotatable bonds is 3. The van der Waals surface area contributed by atoms with Gasteiger partial charge in [0, 0.05) is 23.2 Å². The maximum atomic E-state index is 14.3. The average Bonchev–Trinajstić information content (AvgIpc) is 2.51. The monoisotopic (exact) mass is 332 g/mol. The number of hydrogen-bond donors (Lipinski definition) is 3. The van der Waals surface area contributed by atoms with Gasteiger partial charge >= 0.3 is 0 Å². The maximum Gasteiger partial charge on any atom is 0.172 e. The van der Waals surface area contributed by atoms with Gasteiger partial charge in [-0.15, -0.1) is 0 Å². The summed E-state index contributed by atoms with van der Waals surface area (Å²) >= 11 is 1.48. The van der Waals surface area contributed by atoms with Gasteiger partial charge < -0.3 is 16.2 Å². The van der Waals surface area contributed by atoms with Gasteiger partial charge in [0.25, 0.3) is 0 Å². The van der Waals surface area contributed by atoms with Crippen LogP contribution in [0.1, 0.15) is 18.9 Å². The Kier molecular flexibility index (Phi) is 4.12. The Balaban J connectivity index is 1.97. The highest BCUT2D eigenvalue weighted by Crippen LogP contribution is 2.38. The van der Waals surface area contributed by atoms with Gasteiger partial charge in [-0.3, -0.25) is 4.99 Å². The van der Waals surface area contributed by atoms with Crippen LogP contribution in [0.3, 0.4) is 0 Å². The normalized spacial score (nSPS) is 20.9. The van der Waals surface area contributed by atoms with E-state index in [0.29, 0.717) is 28.7 Å². The number of aromatic hydroxyl groups is 1. The van der Waals surface area contributed by atoms with Crippen LogP contribution < -0.4 is 11.1 Å². The van der Waals surface area contributed by atoms with Crippen LogP contribution in [-0.2, 0) is 5.54 Å². The number of amidine groups is 1. The smallest absolute Gasteiger partial charge is 0.172 e. The molecule has 7 heteroatoms. The predicted molar refractivity (Wildman–Crippen MR) is 91.6 cm³/mol. The van der Waals surface area contributed by atoms with Crippen molar-refractivity contribution in [2.75, 3.05) is 11.1 Å². The number of anilines is 2. The summed E-state index contributed by atoms with van der Waals surface area (Å²) in [6, 6.07) is 7.84. The molecule has 0 radical (unpaired) electrons. The largest absolute Gasteiger partial charge is 0.504 e. The number of benzene rings is 1. The molecule has 1 aromatic heterocycles. The number of nitrogens with zero attached hydrogens (tertiary/aromatic N) is 2. The van der Waals surface area contributed by atoms with Gasteiger partial charge in [0.15, 0.2) is 16.7 Å². The van der Waals surface area contributed by atoms with E-state index < -0.39 is 5.54 Å². The van der Waals surface area contributed by atoms with Crippen LogP contribution in [0.25, 0.3) is 0 Å². The lowest BCUT2D eigenvalue weighted by molar-refractivity contribution is 0.450. The molecule has 5 nitrogen and oxygen atoms in total. The highest BCUT2D eigenvalue weighted by molar-refractivity contribution is 8.13. The molecule has 0 amide bonds. The summed E-state index contributed by atoms with van der Waals surface area (Å²) in [5.74, 6) is 0.814. The number of pyridine rings is 1. The van der Waals surface area contributed by atoms with Gasteiger partial charge in [-0.2, -0.15) is 0 Å². The van der Waals surface area contributed by atoms with Crippen LogP contribution in [0, 0.1) is 5.82 Å². The Morgan fingerprint density at radius 2 is 2.22 bits per heavy atom. The highest BCUT2D eigenvalue weighted by atomic mass is 32.2. The van der Waals surface area contributed by atoms with Crippen LogP contribution in [-0.4, -0.2) is 21.0 Å². The minimum Gasteiger partial charge on any atom is -0.504 e. The van der Waals surface area contributed by atoms with Crippen LogP contribution in [0.5, 0.6) is 5.75 Å². The van der Waals surface area contributed by atoms with Crippen molar-refractivity contribution in [3.63, 3.8) is 0 Å². The second-order valence-electron chi connectivity index (χ2n) is 5.51. The van der Waals surface area contributed by atoms with Gasteiger partial charge in [0.05, 0.1) is 5.54 Å². The maximum absolute atomic E-state index is 14.3. The predicted octanol–water partition coefficient (Wildman–Crippen LogP) is 3.34. The Morgan fingerprint density at radius 1 is 1.39 bits per heavy atom. The topological polar surface area (TPSA) is 83.5 Å². The zero-order valence-electron chi connectivity index (χ0n) is 12.6. The number of hydrogen-bond acceptors (Lipinski definition) is 6. The lowest BCUT2D eigenvalue weighted by Crippen LogP contribution is -2.29. The standard InChI is InChI=1S/C16H17FN4OS/c1-16(6-8-23-15(18)21-16)11-9-10(4-5-12(11)17)20-14-13(22)3-2-7-19-14/h2-5,7,9,22H,6,8H2,1H3,(H2,18,21)(H,19,20)/t16-/m0/s1. The first-order valence-electron chi connectivity index (χ1n) is 7.17. The summed E-state index contributed by atoms with van der Waals surface area (Å²) in [5.41, 5.74) is 6.22. The Bertz CT molecular complexity index is 767. The number of aromatic nitrogens is 1. The average molecular weight is 332 g/mol. The van der Waals surface area contributed by atoms with E-state index in [1.54, 1.807) is 24.4 Å². The van der Waals surface area contributed by atoms with Crippen molar-refractivity contribution in [2.45, 2.75) is 18.9 Å². The van der Waals surface area contributed by atoms with Gasteiger partial charge in [-0.25, -0.2) is 9.37 Å². The summed E-state index contributed by atoms with van der Waals surface area (Å²) in [5, 5.41) is 13.3. The molecule has 2 aromatic rings. The Morgan fingerprint density at radius 3 is 2.96 bits per heavy atom. The Labute approximate surface area is 137 Å². The fourth-order valence-electron chi connectivity index (χ4n) is 2.53. The van der Waals surface area contributed by atoms with E-state index in [2.05, 4.69) is 15.3 Å². The van der Waals surface area contributed by atoms with Crippen molar-refractivity contribution < 1.29 is 9.50 Å². The molecule has 0 fully saturated rings. The molecule has 4 N–H and O–H groups in total. The quantitative estimate of drug-likeness (QED) is 0.803. The molecule has 1 aliphatic heterocycles. The zero-order chi connectivity index (χ0) is 16.4. The minimum atomic E-state index is -0.691. The van der Waals surface area contributed by atoms with Gasteiger partial charge in [-0.1, -0.05) is 11.8 Å². The van der Waals surface area contributed by atoms with E-state index in [0.717, 1.165) is 5.75 Å². The number of thioether (sulfide) groups is 1. The lowest BCUT2D eigenvalue weighted by Gasteiger charge is -2.30. The molecule has 0 aliphatic carbocycles. The molecule has 0 bridgehead atoms. The third-order valence-electron chi connectivity index (χ3n) is 3.79. The second-order valence-corrected chi connectivity index (χ2v) is 6.63. The van der Waals surface area contributed by atoms with Crippen LogP contribution >= 0.6 is 11.8 Å². The third kappa shape index (κ3) is 3.24. The van der Waals surface area contributed by atoms with Crippen LogP contribution in [0.15, 0.2) is 41.5 Å². The van der Waals surface area contributed by atoms with Crippen LogP contribution in [0.2, 0.25) is 0 Å². The first-order valence-corrected chi connectivity index (χ1v) is 8.16. The molecule has 1 atom stereocenters. The molecule has 3 rings (SSSR count). The van der Waals surface area contributed by atoms with E-state index in [4.69, 9.17) is 5.73 Å². The molecular weight excluding hydrogens is 315 g/mol. The van der Waals surface area contributed by atoms with Gasteiger partial charge in [0.2, 0.25) is 0 Å². The third-order valence-corrected chi connectivity index (χ3v) is 4.59. The molecule has 1 aromatic carbocycles. The molecule has 120 valence electrons. The first kappa shape index (κ1) is 15.6. The summed E-state index contributed by atoms with van der Waals surface area (Å²) in [4.78, 5) is 8.50. The molecule has 2 heterocycles. The molecule has 0 saturated heterocycles. The zero-order valence-corrected chi connectivity index (χ0v) is 13.4. The van der Waals surface area contributed by atoms with E-state index in [9.17, 15) is 9.50 Å². The molecule has 1 aliphatic rings. The van der Waals surface area contributed by atoms with E-state index in [-0.39, 0.29) is 11.6 Å². The van der Waals surface area contributed by atoms with Gasteiger partial charge in [0.1, 0.15) is 5.82 Å². The van der Waals surface area contributed by atoms with Crippen molar-refractivity contribution in [1.82, 2.24) is 4.98 Å². The van der Waals surface area contributed by atoms with E-state index >= 15 is 0 Å². The van der Waals surface area contributed by atoms with Crippen molar-refractivity contribution in [1.29, 1.82) is 0 Å². The molecule has 0 saturated carbocycles. The van der Waals surface area contributed by atoms with Crippen molar-refractivity contribution in [3.05, 3.63) is 47.9 Å². The molecule has 0 unspecified atom stereocenters.